The van der Waals surface area contributed by atoms with E-state index in [0.29, 0.717) is 12.2 Å². The number of aryl methyl sites for hydroxylation is 2. The van der Waals surface area contributed by atoms with Crippen LogP contribution in [0.15, 0.2) is 12.1 Å². The lowest BCUT2D eigenvalue weighted by molar-refractivity contribution is 0.00332. The number of ether oxygens (including phenoxy) is 2. The molecule has 20 heavy (non-hydrogen) atoms. The Morgan fingerprint density at radius 1 is 1.30 bits per heavy atom. The van der Waals surface area contributed by atoms with Crippen LogP contribution in [0.3, 0.4) is 0 Å². The van der Waals surface area contributed by atoms with Crippen molar-refractivity contribution in [3.05, 3.63) is 28.8 Å². The molecule has 0 atom stereocenters. The SMILES string of the molecule is Cc1cc(C#N)cc(C)c1OCC1(CBr)CCOCC1. The molecule has 1 heterocycles. The standard InChI is InChI=1S/C16H20BrNO2/c1-12-7-14(9-18)8-13(2)15(12)20-11-16(10-17)3-5-19-6-4-16/h7-8H,3-6,10-11H2,1-2H3. The Balaban J connectivity index is 2.12. The van der Waals surface area contributed by atoms with Crippen molar-refractivity contribution in [2.45, 2.75) is 26.7 Å². The Morgan fingerprint density at radius 3 is 2.40 bits per heavy atom. The third kappa shape index (κ3) is 3.34. The minimum absolute atomic E-state index is 0.158. The zero-order chi connectivity index (χ0) is 14.6. The zero-order valence-corrected chi connectivity index (χ0v) is 13.6. The van der Waals surface area contributed by atoms with Gasteiger partial charge >= 0.3 is 0 Å². The van der Waals surface area contributed by atoms with Crippen molar-refractivity contribution in [2.75, 3.05) is 25.2 Å². The molecule has 1 saturated heterocycles. The highest BCUT2D eigenvalue weighted by atomic mass is 79.9. The molecule has 1 aliphatic heterocycles. The van der Waals surface area contributed by atoms with E-state index in [9.17, 15) is 0 Å². The van der Waals surface area contributed by atoms with Crippen LogP contribution >= 0.6 is 15.9 Å². The molecule has 3 nitrogen and oxygen atoms in total. The average molecular weight is 338 g/mol. The van der Waals surface area contributed by atoms with Gasteiger partial charge in [0.05, 0.1) is 18.2 Å². The summed E-state index contributed by atoms with van der Waals surface area (Å²) in [6, 6.07) is 5.94. The van der Waals surface area contributed by atoms with E-state index in [1.54, 1.807) is 0 Å². The van der Waals surface area contributed by atoms with Gasteiger partial charge in [0.2, 0.25) is 0 Å². The predicted octanol–water partition coefficient (Wildman–Crippen LogP) is 3.75. The van der Waals surface area contributed by atoms with E-state index >= 15 is 0 Å². The van der Waals surface area contributed by atoms with Crippen molar-refractivity contribution in [3.63, 3.8) is 0 Å². The third-order valence-electron chi connectivity index (χ3n) is 3.95. The number of hydrogen-bond acceptors (Lipinski definition) is 3. The van der Waals surface area contributed by atoms with Crippen LogP contribution < -0.4 is 4.74 Å². The molecule has 0 unspecified atom stereocenters. The van der Waals surface area contributed by atoms with Crippen molar-refractivity contribution >= 4 is 15.9 Å². The van der Waals surface area contributed by atoms with E-state index in [4.69, 9.17) is 14.7 Å². The Morgan fingerprint density at radius 2 is 1.90 bits per heavy atom. The molecule has 0 N–H and O–H groups in total. The van der Waals surface area contributed by atoms with Crippen molar-refractivity contribution < 1.29 is 9.47 Å². The van der Waals surface area contributed by atoms with Gasteiger partial charge in [0.1, 0.15) is 5.75 Å². The first-order chi connectivity index (χ1) is 9.60. The second kappa shape index (κ2) is 6.60. The molecule has 108 valence electrons. The van der Waals surface area contributed by atoms with Gasteiger partial charge in [-0.25, -0.2) is 0 Å². The number of alkyl halides is 1. The number of halogens is 1. The van der Waals surface area contributed by atoms with E-state index in [0.717, 1.165) is 48.3 Å². The summed E-state index contributed by atoms with van der Waals surface area (Å²) in [7, 11) is 0. The quantitative estimate of drug-likeness (QED) is 0.786. The second-order valence-electron chi connectivity index (χ2n) is 5.59. The minimum atomic E-state index is 0.158. The topological polar surface area (TPSA) is 42.2 Å². The summed E-state index contributed by atoms with van der Waals surface area (Å²) in [4.78, 5) is 0. The molecule has 4 heteroatoms. The van der Waals surface area contributed by atoms with E-state index in [1.807, 2.05) is 26.0 Å². The van der Waals surface area contributed by atoms with E-state index in [2.05, 4.69) is 22.0 Å². The molecule has 0 radical (unpaired) electrons. The molecule has 0 amide bonds. The van der Waals surface area contributed by atoms with Gasteiger partial charge in [-0.3, -0.25) is 0 Å². The normalized spacial score (nSPS) is 17.5. The maximum absolute atomic E-state index is 8.98. The molecular weight excluding hydrogens is 318 g/mol. The van der Waals surface area contributed by atoms with E-state index in [1.165, 1.54) is 0 Å². The van der Waals surface area contributed by atoms with Gasteiger partial charge in [-0.05, 0) is 49.9 Å². The van der Waals surface area contributed by atoms with E-state index < -0.39 is 0 Å². The highest BCUT2D eigenvalue weighted by Gasteiger charge is 2.32. The molecule has 0 aliphatic carbocycles. The third-order valence-corrected chi connectivity index (χ3v) is 5.14. The number of benzene rings is 1. The molecule has 1 aromatic rings. The number of rotatable bonds is 4. The molecule has 1 aliphatic rings. The van der Waals surface area contributed by atoms with Gasteiger partial charge in [-0.1, -0.05) is 15.9 Å². The summed E-state index contributed by atoms with van der Waals surface area (Å²) in [5.74, 6) is 0.913. The Labute approximate surface area is 129 Å². The molecule has 1 aromatic carbocycles. The van der Waals surface area contributed by atoms with Crippen LogP contribution in [0, 0.1) is 30.6 Å². The van der Waals surface area contributed by atoms with Crippen molar-refractivity contribution in [3.8, 4) is 11.8 Å². The smallest absolute Gasteiger partial charge is 0.125 e. The predicted molar refractivity (Wildman–Crippen MR) is 82.4 cm³/mol. The fourth-order valence-corrected chi connectivity index (χ4v) is 3.31. The fraction of sp³-hybridized carbons (Fsp3) is 0.562. The Kier molecular flexibility index (Phi) is 5.06. The van der Waals surface area contributed by atoms with Gasteiger partial charge in [-0.2, -0.15) is 5.26 Å². The summed E-state index contributed by atoms with van der Waals surface area (Å²) in [5.41, 5.74) is 2.90. The van der Waals surface area contributed by atoms with Gasteiger partial charge < -0.3 is 9.47 Å². The number of nitrogens with zero attached hydrogens (tertiary/aromatic N) is 1. The summed E-state index contributed by atoms with van der Waals surface area (Å²) >= 11 is 3.62. The van der Waals surface area contributed by atoms with Gasteiger partial charge in [0.15, 0.2) is 0 Å². The molecule has 0 saturated carbocycles. The molecule has 0 bridgehead atoms. The fourth-order valence-electron chi connectivity index (χ4n) is 2.59. The van der Waals surface area contributed by atoms with Gasteiger partial charge in [-0.15, -0.1) is 0 Å². The molecule has 0 spiro atoms. The molecular formula is C16H20BrNO2. The van der Waals surface area contributed by atoms with Crippen molar-refractivity contribution in [1.82, 2.24) is 0 Å². The molecule has 0 aromatic heterocycles. The van der Waals surface area contributed by atoms with Crippen LogP contribution in [0.2, 0.25) is 0 Å². The van der Waals surface area contributed by atoms with Crippen molar-refractivity contribution in [2.24, 2.45) is 5.41 Å². The van der Waals surface area contributed by atoms with Crippen LogP contribution in [0.1, 0.15) is 29.5 Å². The first kappa shape index (κ1) is 15.3. The summed E-state index contributed by atoms with van der Waals surface area (Å²) < 4.78 is 11.5. The minimum Gasteiger partial charge on any atom is -0.492 e. The first-order valence-electron chi connectivity index (χ1n) is 6.88. The van der Waals surface area contributed by atoms with Gasteiger partial charge in [0, 0.05) is 24.0 Å². The van der Waals surface area contributed by atoms with Crippen LogP contribution in [-0.4, -0.2) is 25.2 Å². The summed E-state index contributed by atoms with van der Waals surface area (Å²) in [6.45, 7) is 6.29. The molecule has 2 rings (SSSR count). The maximum Gasteiger partial charge on any atom is 0.125 e. The largest absolute Gasteiger partial charge is 0.492 e. The van der Waals surface area contributed by atoms with Crippen LogP contribution in [-0.2, 0) is 4.74 Å². The van der Waals surface area contributed by atoms with Crippen LogP contribution in [0.5, 0.6) is 5.75 Å². The van der Waals surface area contributed by atoms with Crippen LogP contribution in [0.25, 0.3) is 0 Å². The maximum atomic E-state index is 8.98. The van der Waals surface area contributed by atoms with Crippen LogP contribution in [0.4, 0.5) is 0 Å². The second-order valence-corrected chi connectivity index (χ2v) is 6.15. The Hall–Kier alpha value is -1.05. The highest BCUT2D eigenvalue weighted by Crippen LogP contribution is 2.34. The van der Waals surface area contributed by atoms with Crippen molar-refractivity contribution in [1.29, 1.82) is 5.26 Å². The highest BCUT2D eigenvalue weighted by molar-refractivity contribution is 9.09. The first-order valence-corrected chi connectivity index (χ1v) is 8.00. The zero-order valence-electron chi connectivity index (χ0n) is 12.0. The average Bonchev–Trinajstić information content (AvgIpc) is 2.47. The lowest BCUT2D eigenvalue weighted by atomic mass is 9.83. The lowest BCUT2D eigenvalue weighted by Gasteiger charge is -2.35. The molecule has 1 fully saturated rings. The van der Waals surface area contributed by atoms with E-state index in [-0.39, 0.29) is 5.41 Å². The Bertz CT molecular complexity index is 493. The summed E-state index contributed by atoms with van der Waals surface area (Å²) in [6.07, 6.45) is 2.04. The monoisotopic (exact) mass is 337 g/mol. The number of hydrogen-bond donors (Lipinski definition) is 0. The number of nitriles is 1. The lowest BCUT2D eigenvalue weighted by Crippen LogP contribution is -2.36. The van der Waals surface area contributed by atoms with Gasteiger partial charge in [0.25, 0.3) is 0 Å². The summed E-state index contributed by atoms with van der Waals surface area (Å²) in [5, 5.41) is 9.91.